The first-order chi connectivity index (χ1) is 39.0. The average molecular weight is 1130 g/mol. The topological polar surface area (TPSA) is 287 Å². The van der Waals surface area contributed by atoms with Crippen molar-refractivity contribution in [1.29, 1.82) is 0 Å². The zero-order chi connectivity index (χ0) is 57.9. The van der Waals surface area contributed by atoms with Gasteiger partial charge >= 0.3 is 0 Å². The Bertz CT molecular complexity index is 3450. The van der Waals surface area contributed by atoms with E-state index in [1.165, 1.54) is 0 Å². The molecule has 24 nitrogen and oxygen atoms in total. The Kier molecular flexibility index (Phi) is 18.9. The van der Waals surface area contributed by atoms with Gasteiger partial charge in [-0.3, -0.25) is 9.59 Å². The lowest BCUT2D eigenvalue weighted by Gasteiger charge is -2.23. The number of benzene rings is 4. The monoisotopic (exact) mass is 1130 g/mol. The van der Waals surface area contributed by atoms with E-state index in [0.29, 0.717) is 99.2 Å². The predicted octanol–water partition coefficient (Wildman–Crippen LogP) is 8.08. The van der Waals surface area contributed by atoms with Gasteiger partial charge in [0.05, 0.1) is 95.7 Å². The van der Waals surface area contributed by atoms with Crippen LogP contribution in [-0.4, -0.2) is 131 Å². The fourth-order valence-electron chi connectivity index (χ4n) is 9.15. The number of nitrogens with zero attached hydrogens (tertiary/aromatic N) is 9. The van der Waals surface area contributed by atoms with Crippen molar-refractivity contribution in [3.8, 4) is 57.4 Å². The number of ether oxygens (including phenoxy) is 8. The highest BCUT2D eigenvalue weighted by molar-refractivity contribution is 6.28. The third-order valence-electron chi connectivity index (χ3n) is 12.8. The molecule has 2 amide bonds. The molecule has 428 valence electrons. The van der Waals surface area contributed by atoms with Crippen LogP contribution < -0.4 is 70.2 Å². The van der Waals surface area contributed by atoms with E-state index in [1.54, 1.807) is 55.3 Å². The molecule has 81 heavy (non-hydrogen) atoms. The highest BCUT2D eigenvalue weighted by atomic mass is 35.5. The van der Waals surface area contributed by atoms with Crippen LogP contribution in [0, 0.1) is 0 Å². The number of aromatic nitrogens is 8. The van der Waals surface area contributed by atoms with Crippen LogP contribution in [-0.2, 0) is 9.59 Å². The maximum absolute atomic E-state index is 12.1. The summed E-state index contributed by atoms with van der Waals surface area (Å²) < 4.78 is 48.0. The summed E-state index contributed by atoms with van der Waals surface area (Å²) in [5, 5.41) is 11.2. The molecule has 2 fully saturated rings. The van der Waals surface area contributed by atoms with Gasteiger partial charge in [0.1, 0.15) is 53.5 Å². The van der Waals surface area contributed by atoms with Gasteiger partial charge in [0.2, 0.25) is 34.5 Å². The Morgan fingerprint density at radius 1 is 0.617 bits per heavy atom. The van der Waals surface area contributed by atoms with Crippen molar-refractivity contribution in [3.63, 3.8) is 0 Å². The number of imidazole rings is 2. The van der Waals surface area contributed by atoms with Crippen LogP contribution in [0.1, 0.15) is 53.4 Å². The van der Waals surface area contributed by atoms with E-state index in [4.69, 9.17) is 70.9 Å². The lowest BCUT2D eigenvalue weighted by Crippen LogP contribution is -2.41. The summed E-state index contributed by atoms with van der Waals surface area (Å²) in [7, 11) is 9.41. The van der Waals surface area contributed by atoms with Gasteiger partial charge < -0.3 is 79.3 Å². The molecule has 8 aromatic rings. The van der Waals surface area contributed by atoms with Gasteiger partial charge in [-0.2, -0.15) is 9.97 Å². The van der Waals surface area contributed by atoms with Crippen LogP contribution in [0.15, 0.2) is 85.7 Å². The van der Waals surface area contributed by atoms with E-state index in [-0.39, 0.29) is 29.4 Å². The first-order valence-electron chi connectivity index (χ1n) is 26.0. The summed E-state index contributed by atoms with van der Waals surface area (Å²) in [5.41, 5.74) is 13.6. The number of fused-ring (bicyclic) bond motifs is 2. The van der Waals surface area contributed by atoms with Crippen molar-refractivity contribution in [3.05, 3.63) is 91.0 Å². The van der Waals surface area contributed by atoms with Crippen LogP contribution in [0.5, 0.6) is 46.0 Å². The molecule has 0 spiro atoms. The molecule has 10 rings (SSSR count). The Balaban J connectivity index is 0.000000189. The number of carbonyl (C=O) groups excluding carboxylic acids is 2. The molecule has 25 heteroatoms. The van der Waals surface area contributed by atoms with Crippen LogP contribution in [0.3, 0.4) is 0 Å². The van der Waals surface area contributed by atoms with E-state index in [0.717, 1.165) is 48.0 Å². The van der Waals surface area contributed by atoms with E-state index in [9.17, 15) is 9.59 Å². The zero-order valence-corrected chi connectivity index (χ0v) is 47.5. The molecule has 0 unspecified atom stereocenters. The van der Waals surface area contributed by atoms with Crippen molar-refractivity contribution in [2.75, 3.05) is 71.3 Å². The molecule has 0 saturated carbocycles. The van der Waals surface area contributed by atoms with E-state index in [2.05, 4.69) is 35.9 Å². The molecule has 6 heterocycles. The molecule has 0 bridgehead atoms. The van der Waals surface area contributed by atoms with Crippen LogP contribution in [0.25, 0.3) is 33.2 Å². The molecular formula is C56H67ClN14O10. The molecule has 0 aliphatic carbocycles. The van der Waals surface area contributed by atoms with Gasteiger partial charge in [-0.1, -0.05) is 0 Å². The molecule has 0 radical (unpaired) electrons. The van der Waals surface area contributed by atoms with Crippen LogP contribution in [0.2, 0.25) is 5.28 Å². The van der Waals surface area contributed by atoms with Crippen molar-refractivity contribution in [1.82, 2.24) is 44.4 Å². The Hall–Kier alpha value is -9.03. The average Bonchev–Trinajstić information content (AvgIpc) is 4.47. The second-order valence-electron chi connectivity index (χ2n) is 19.1. The minimum absolute atomic E-state index is 0.00773. The number of rotatable bonds is 19. The standard InChI is InChI=1S/C28H33N7O5.C23H24ClN5O4.C5H10N2O/c1-16(2)40-18-8-9-19-20(13-18)31-28(35-10-6-7-21(35)26(29)36)33-27(19)32-24-14-34(15-30-24)17-11-22(37-3)25(39-5)23(12-17)38-4;1-13(2)33-15-6-7-16-17(10-15)26-23(24)28-22(16)27-20-11-29(12-25-20)14-8-18(30-3)21(32-5)19(9-14)31-4;6-5(8)4-2-1-3-7-4/h8-9,11-16,21H,6-7,10H2,1-5H3,(H2,29,36)(H,31,32,33);6-13H,1-5H3,(H,26,27,28);4,7H,1-3H2,(H2,6,8)/t21-;;4-/m1.1/s1. The first kappa shape index (κ1) is 58.1. The van der Waals surface area contributed by atoms with E-state index < -0.39 is 11.9 Å². The van der Waals surface area contributed by atoms with Gasteiger partial charge in [-0.25, -0.2) is 19.9 Å². The van der Waals surface area contributed by atoms with Crippen molar-refractivity contribution < 1.29 is 47.5 Å². The normalized spacial score (nSPS) is 14.7. The number of nitrogens with one attached hydrogen (secondary N) is 3. The number of nitrogens with two attached hydrogens (primary N) is 2. The fraction of sp³-hybridized carbons (Fsp3) is 0.357. The molecule has 2 saturated heterocycles. The Morgan fingerprint density at radius 2 is 1.10 bits per heavy atom. The number of amides is 2. The summed E-state index contributed by atoms with van der Waals surface area (Å²) in [6.07, 6.45) is 10.5. The smallest absolute Gasteiger partial charge is 0.240 e. The first-order valence-corrected chi connectivity index (χ1v) is 26.3. The third kappa shape index (κ3) is 13.9. The highest BCUT2D eigenvalue weighted by Gasteiger charge is 2.32. The highest BCUT2D eigenvalue weighted by Crippen LogP contribution is 2.41. The summed E-state index contributed by atoms with van der Waals surface area (Å²) in [4.78, 5) is 51.6. The molecular weight excluding hydrogens is 1060 g/mol. The molecule has 2 atom stereocenters. The van der Waals surface area contributed by atoms with Crippen molar-refractivity contribution >= 4 is 74.4 Å². The van der Waals surface area contributed by atoms with Crippen molar-refractivity contribution in [2.45, 2.75) is 77.7 Å². The van der Waals surface area contributed by atoms with Gasteiger partial charge in [0.25, 0.3) is 0 Å². The zero-order valence-electron chi connectivity index (χ0n) is 46.8. The summed E-state index contributed by atoms with van der Waals surface area (Å²) in [5.74, 6) is 6.58. The number of methoxy groups -OCH3 is 6. The SMILES string of the molecule is COc1cc(-n2cnc(Nc3nc(Cl)nc4cc(OC(C)C)ccc34)c2)cc(OC)c1OC.COc1cc(-n2cnc(Nc3nc(N4CCC[C@@H]4C(N)=O)nc4cc(OC(C)C)ccc34)c2)cc(OC)c1OC.NC(=O)[C@H]1CCCN1. The van der Waals surface area contributed by atoms with Crippen LogP contribution >= 0.6 is 11.6 Å². The predicted molar refractivity (Wildman–Crippen MR) is 308 cm³/mol. The van der Waals surface area contributed by atoms with Crippen LogP contribution in [0.4, 0.5) is 29.2 Å². The number of hydrogen-bond donors (Lipinski definition) is 5. The third-order valence-corrected chi connectivity index (χ3v) is 13.0. The molecule has 4 aromatic carbocycles. The lowest BCUT2D eigenvalue weighted by atomic mass is 10.2. The largest absolute Gasteiger partial charge is 0.493 e. The lowest BCUT2D eigenvalue weighted by molar-refractivity contribution is -0.120. The summed E-state index contributed by atoms with van der Waals surface area (Å²) >= 11 is 6.18. The Morgan fingerprint density at radius 3 is 1.51 bits per heavy atom. The van der Waals surface area contributed by atoms with Gasteiger partial charge in [-0.05, 0) is 95.8 Å². The minimum atomic E-state index is -0.459. The number of hydrogen-bond acceptors (Lipinski definition) is 20. The number of carbonyl (C=O) groups is 2. The fourth-order valence-corrected chi connectivity index (χ4v) is 9.33. The van der Waals surface area contributed by atoms with E-state index >= 15 is 0 Å². The number of anilines is 5. The quantitative estimate of drug-likeness (QED) is 0.0478. The molecule has 4 aromatic heterocycles. The second-order valence-corrected chi connectivity index (χ2v) is 19.4. The summed E-state index contributed by atoms with van der Waals surface area (Å²) in [6.45, 7) is 9.44. The van der Waals surface area contributed by atoms with Gasteiger partial charge in [-0.15, -0.1) is 0 Å². The molecule has 2 aliphatic heterocycles. The maximum Gasteiger partial charge on any atom is 0.240 e. The summed E-state index contributed by atoms with van der Waals surface area (Å²) in [6, 6.07) is 18.1. The Labute approximate surface area is 473 Å². The molecule has 2 aliphatic rings. The van der Waals surface area contributed by atoms with Gasteiger partial charge in [0.15, 0.2) is 23.0 Å². The number of halogens is 1. The number of primary amides is 2. The minimum Gasteiger partial charge on any atom is -0.493 e. The van der Waals surface area contributed by atoms with Gasteiger partial charge in [0, 0.05) is 53.7 Å². The van der Waals surface area contributed by atoms with E-state index in [1.807, 2.05) is 115 Å². The maximum atomic E-state index is 12.1. The second kappa shape index (κ2) is 26.3. The van der Waals surface area contributed by atoms with Crippen molar-refractivity contribution in [2.24, 2.45) is 11.5 Å². The molecule has 7 N–H and O–H groups in total.